The average molecular weight is 418 g/mol. The number of benzene rings is 1. The van der Waals surface area contributed by atoms with Crippen LogP contribution in [0.25, 0.3) is 0 Å². The predicted octanol–water partition coefficient (Wildman–Crippen LogP) is 3.46. The zero-order valence-corrected chi connectivity index (χ0v) is 18.5. The molecule has 1 unspecified atom stereocenters. The van der Waals surface area contributed by atoms with Gasteiger partial charge in [-0.15, -0.1) is 0 Å². The van der Waals surface area contributed by atoms with Gasteiger partial charge in [0.15, 0.2) is 0 Å². The third kappa shape index (κ3) is 5.42. The summed E-state index contributed by atoms with van der Waals surface area (Å²) in [6.07, 6.45) is 0.0447. The summed E-state index contributed by atoms with van der Waals surface area (Å²) in [7, 11) is 1.55. The van der Waals surface area contributed by atoms with E-state index in [1.165, 1.54) is 0 Å². The molecule has 0 radical (unpaired) electrons. The molecule has 7 nitrogen and oxygen atoms in total. The third-order valence-electron chi connectivity index (χ3n) is 4.69. The molecule has 1 heterocycles. The van der Waals surface area contributed by atoms with Crippen molar-refractivity contribution >= 4 is 11.9 Å². The Morgan fingerprint density at radius 3 is 2.17 bits per heavy atom. The SMILES string of the molecule is CCOC(=O)C1=C(C)NC(C)=C(C(=O)OCCOC(C)C)C1c1ccccc1OC. The molecule has 1 aliphatic rings. The van der Waals surface area contributed by atoms with E-state index >= 15 is 0 Å². The highest BCUT2D eigenvalue weighted by Gasteiger charge is 2.39. The van der Waals surface area contributed by atoms with Crippen LogP contribution in [0, 0.1) is 0 Å². The average Bonchev–Trinajstić information content (AvgIpc) is 2.70. The molecule has 0 fully saturated rings. The highest BCUT2D eigenvalue weighted by atomic mass is 16.6. The molecule has 0 saturated carbocycles. The molecular formula is C23H31NO6. The normalized spacial score (nSPS) is 16.4. The fourth-order valence-corrected chi connectivity index (χ4v) is 3.46. The summed E-state index contributed by atoms with van der Waals surface area (Å²) in [5, 5.41) is 3.13. The predicted molar refractivity (Wildman–Crippen MR) is 113 cm³/mol. The van der Waals surface area contributed by atoms with E-state index in [1.54, 1.807) is 33.9 Å². The van der Waals surface area contributed by atoms with E-state index in [-0.39, 0.29) is 19.3 Å². The Morgan fingerprint density at radius 2 is 1.60 bits per heavy atom. The topological polar surface area (TPSA) is 83.1 Å². The molecule has 7 heteroatoms. The van der Waals surface area contributed by atoms with Gasteiger partial charge >= 0.3 is 11.9 Å². The number of ether oxygens (including phenoxy) is 4. The molecule has 0 bridgehead atoms. The molecule has 0 spiro atoms. The van der Waals surface area contributed by atoms with Crippen molar-refractivity contribution in [2.45, 2.75) is 46.6 Å². The maximum atomic E-state index is 13.1. The smallest absolute Gasteiger partial charge is 0.336 e. The first-order chi connectivity index (χ1) is 14.3. The molecule has 0 saturated heterocycles. The van der Waals surface area contributed by atoms with E-state index < -0.39 is 17.9 Å². The lowest BCUT2D eigenvalue weighted by Gasteiger charge is -2.31. The number of rotatable bonds is 9. The number of allylic oxidation sites excluding steroid dienone is 2. The summed E-state index contributed by atoms with van der Waals surface area (Å²) in [6, 6.07) is 7.31. The van der Waals surface area contributed by atoms with E-state index in [0.717, 1.165) is 0 Å². The van der Waals surface area contributed by atoms with Crippen molar-refractivity contribution in [3.8, 4) is 5.75 Å². The number of carbonyl (C=O) groups is 2. The van der Waals surface area contributed by atoms with Gasteiger partial charge in [0.25, 0.3) is 0 Å². The van der Waals surface area contributed by atoms with Gasteiger partial charge in [0.2, 0.25) is 0 Å². The van der Waals surface area contributed by atoms with Gasteiger partial charge in [-0.25, -0.2) is 9.59 Å². The van der Waals surface area contributed by atoms with Crippen molar-refractivity contribution < 1.29 is 28.5 Å². The molecule has 0 aromatic heterocycles. The largest absolute Gasteiger partial charge is 0.496 e. The molecule has 2 rings (SSSR count). The lowest BCUT2D eigenvalue weighted by atomic mass is 9.80. The van der Waals surface area contributed by atoms with Gasteiger partial charge in [0.05, 0.1) is 43.5 Å². The molecular weight excluding hydrogens is 386 g/mol. The number of carbonyl (C=O) groups excluding carboxylic acids is 2. The van der Waals surface area contributed by atoms with Crippen LogP contribution in [0.2, 0.25) is 0 Å². The Morgan fingerprint density at radius 1 is 1.00 bits per heavy atom. The minimum Gasteiger partial charge on any atom is -0.496 e. The zero-order valence-electron chi connectivity index (χ0n) is 18.5. The monoisotopic (exact) mass is 417 g/mol. The lowest BCUT2D eigenvalue weighted by molar-refractivity contribution is -0.141. The Kier molecular flexibility index (Phi) is 8.47. The van der Waals surface area contributed by atoms with Crippen molar-refractivity contribution in [3.05, 3.63) is 52.4 Å². The summed E-state index contributed by atoms with van der Waals surface area (Å²) in [5.74, 6) is -1.11. The summed E-state index contributed by atoms with van der Waals surface area (Å²) >= 11 is 0. The van der Waals surface area contributed by atoms with Crippen molar-refractivity contribution in [2.75, 3.05) is 26.9 Å². The van der Waals surface area contributed by atoms with E-state index in [9.17, 15) is 9.59 Å². The highest BCUT2D eigenvalue weighted by molar-refractivity contribution is 6.00. The first kappa shape index (κ1) is 23.5. The van der Waals surface area contributed by atoms with Crippen molar-refractivity contribution in [3.63, 3.8) is 0 Å². The fourth-order valence-electron chi connectivity index (χ4n) is 3.46. The minimum absolute atomic E-state index is 0.0447. The van der Waals surface area contributed by atoms with Crippen LogP contribution in [-0.2, 0) is 23.8 Å². The summed E-state index contributed by atoms with van der Waals surface area (Å²) in [6.45, 7) is 9.78. The Hall–Kier alpha value is -2.80. The number of dihydropyridines is 1. The second-order valence-electron chi connectivity index (χ2n) is 7.15. The summed E-state index contributed by atoms with van der Waals surface area (Å²) < 4.78 is 21.7. The van der Waals surface area contributed by atoms with E-state index in [0.29, 0.717) is 40.5 Å². The first-order valence-electron chi connectivity index (χ1n) is 10.1. The number of para-hydroxylation sites is 1. The standard InChI is InChI=1S/C23H31NO6/c1-7-28-22(25)19-15(4)24-16(5)20(23(26)30-13-12-29-14(2)3)21(19)17-10-8-9-11-18(17)27-6/h8-11,14,21,24H,7,12-13H2,1-6H3. The van der Waals surface area contributed by atoms with Crippen LogP contribution in [0.15, 0.2) is 46.8 Å². The number of nitrogens with one attached hydrogen (secondary N) is 1. The van der Waals surface area contributed by atoms with Crippen LogP contribution < -0.4 is 10.1 Å². The second kappa shape index (κ2) is 10.8. The quantitative estimate of drug-likeness (QED) is 0.487. The van der Waals surface area contributed by atoms with Crippen LogP contribution in [0.5, 0.6) is 5.75 Å². The molecule has 1 aromatic carbocycles. The van der Waals surface area contributed by atoms with Gasteiger partial charge in [-0.3, -0.25) is 0 Å². The molecule has 1 atom stereocenters. The van der Waals surface area contributed by atoms with Crippen LogP contribution in [-0.4, -0.2) is 45.0 Å². The lowest BCUT2D eigenvalue weighted by Crippen LogP contribution is -2.33. The Labute approximate surface area is 178 Å². The van der Waals surface area contributed by atoms with Crippen LogP contribution in [0.4, 0.5) is 0 Å². The van der Waals surface area contributed by atoms with Gasteiger partial charge < -0.3 is 24.3 Å². The third-order valence-corrected chi connectivity index (χ3v) is 4.69. The number of hydrogen-bond acceptors (Lipinski definition) is 7. The van der Waals surface area contributed by atoms with Crippen LogP contribution >= 0.6 is 0 Å². The molecule has 1 aromatic rings. The van der Waals surface area contributed by atoms with Crippen LogP contribution in [0.1, 0.15) is 46.1 Å². The van der Waals surface area contributed by atoms with Gasteiger partial charge in [0.1, 0.15) is 12.4 Å². The van der Waals surface area contributed by atoms with E-state index in [2.05, 4.69) is 5.32 Å². The van der Waals surface area contributed by atoms with Gasteiger partial charge in [-0.2, -0.15) is 0 Å². The summed E-state index contributed by atoms with van der Waals surface area (Å²) in [4.78, 5) is 25.9. The molecule has 0 aliphatic carbocycles. The van der Waals surface area contributed by atoms with Gasteiger partial charge in [0, 0.05) is 17.0 Å². The maximum Gasteiger partial charge on any atom is 0.336 e. The highest BCUT2D eigenvalue weighted by Crippen LogP contribution is 2.42. The fraction of sp³-hybridized carbons (Fsp3) is 0.478. The molecule has 1 N–H and O–H groups in total. The second-order valence-corrected chi connectivity index (χ2v) is 7.15. The molecule has 1 aliphatic heterocycles. The molecule has 30 heavy (non-hydrogen) atoms. The number of methoxy groups -OCH3 is 1. The first-order valence-corrected chi connectivity index (χ1v) is 10.1. The van der Waals surface area contributed by atoms with Gasteiger partial charge in [-0.05, 0) is 40.7 Å². The number of hydrogen-bond donors (Lipinski definition) is 1. The molecule has 0 amide bonds. The Balaban J connectivity index is 2.48. The Bertz CT molecular complexity index is 840. The van der Waals surface area contributed by atoms with Crippen molar-refractivity contribution in [1.82, 2.24) is 5.32 Å². The van der Waals surface area contributed by atoms with Crippen LogP contribution in [0.3, 0.4) is 0 Å². The van der Waals surface area contributed by atoms with Crippen molar-refractivity contribution in [1.29, 1.82) is 0 Å². The van der Waals surface area contributed by atoms with Gasteiger partial charge in [-0.1, -0.05) is 18.2 Å². The van der Waals surface area contributed by atoms with E-state index in [4.69, 9.17) is 18.9 Å². The van der Waals surface area contributed by atoms with Crippen molar-refractivity contribution in [2.24, 2.45) is 0 Å². The maximum absolute atomic E-state index is 13.1. The van der Waals surface area contributed by atoms with E-state index in [1.807, 2.05) is 32.0 Å². The minimum atomic E-state index is -0.681. The molecule has 164 valence electrons. The summed E-state index contributed by atoms with van der Waals surface area (Å²) in [5.41, 5.74) is 2.64. The number of esters is 2. The zero-order chi connectivity index (χ0) is 22.3.